The second kappa shape index (κ2) is 3.27. The van der Waals surface area contributed by atoms with E-state index in [9.17, 15) is 0 Å². The summed E-state index contributed by atoms with van der Waals surface area (Å²) >= 11 is 0. The van der Waals surface area contributed by atoms with E-state index in [0.29, 0.717) is 0 Å². The zero-order valence-electron chi connectivity index (χ0n) is 8.55. The van der Waals surface area contributed by atoms with Crippen molar-refractivity contribution in [1.82, 2.24) is 0 Å². The summed E-state index contributed by atoms with van der Waals surface area (Å²) < 4.78 is 0. The first-order chi connectivity index (χ1) is 6.93. The maximum Gasteiger partial charge on any atom is -0.0273 e. The van der Waals surface area contributed by atoms with Gasteiger partial charge in [-0.05, 0) is 60.8 Å². The minimum Gasteiger partial charge on any atom is -0.0585 e. The Kier molecular flexibility index (Phi) is 1.93. The molecule has 0 amide bonds. The highest BCUT2D eigenvalue weighted by Gasteiger charge is 2.15. The molecule has 0 nitrogen and oxygen atoms in total. The van der Waals surface area contributed by atoms with Gasteiger partial charge in [0.15, 0.2) is 0 Å². The first kappa shape index (κ1) is 8.28. The Balaban J connectivity index is 1.99. The molecular formula is C14H16. The van der Waals surface area contributed by atoms with Gasteiger partial charge in [0, 0.05) is 0 Å². The van der Waals surface area contributed by atoms with Crippen molar-refractivity contribution in [2.75, 3.05) is 0 Å². The van der Waals surface area contributed by atoms with Crippen LogP contribution >= 0.6 is 0 Å². The highest BCUT2D eigenvalue weighted by molar-refractivity contribution is 5.47. The quantitative estimate of drug-likeness (QED) is 0.532. The summed E-state index contributed by atoms with van der Waals surface area (Å²) in [5.41, 5.74) is 6.33. The minimum atomic E-state index is 1.29. The monoisotopic (exact) mass is 184 g/mol. The molecule has 3 aliphatic rings. The Morgan fingerprint density at radius 3 is 1.07 bits per heavy atom. The molecule has 0 aliphatic heterocycles. The second-order valence-corrected chi connectivity index (χ2v) is 4.47. The van der Waals surface area contributed by atoms with Gasteiger partial charge in [-0.2, -0.15) is 0 Å². The van der Waals surface area contributed by atoms with Crippen molar-refractivity contribution in [1.29, 1.82) is 0 Å². The number of allylic oxidation sites excluding steroid dienone is 8. The van der Waals surface area contributed by atoms with Crippen LogP contribution in [0.25, 0.3) is 0 Å². The third-order valence-electron chi connectivity index (χ3n) is 3.58. The molecule has 0 bridgehead atoms. The van der Waals surface area contributed by atoms with Crippen molar-refractivity contribution < 1.29 is 0 Å². The Morgan fingerprint density at radius 2 is 0.786 bits per heavy atom. The lowest BCUT2D eigenvalue weighted by molar-refractivity contribution is 0.899. The first-order valence-corrected chi connectivity index (χ1v) is 5.74. The van der Waals surface area contributed by atoms with Crippen molar-refractivity contribution in [3.8, 4) is 0 Å². The van der Waals surface area contributed by atoms with Crippen molar-refractivity contribution >= 4 is 0 Å². The molecular weight excluding hydrogens is 168 g/mol. The zero-order chi connectivity index (χ0) is 9.38. The van der Waals surface area contributed by atoms with Crippen LogP contribution in [0.2, 0.25) is 0 Å². The second-order valence-electron chi connectivity index (χ2n) is 4.47. The first-order valence-electron chi connectivity index (χ1n) is 5.74. The Morgan fingerprint density at radius 1 is 0.500 bits per heavy atom. The topological polar surface area (TPSA) is 0 Å². The molecule has 3 aliphatic carbocycles. The van der Waals surface area contributed by atoms with Crippen LogP contribution in [0.3, 0.4) is 0 Å². The molecule has 0 atom stereocenters. The van der Waals surface area contributed by atoms with Crippen LogP contribution in [0.1, 0.15) is 38.5 Å². The van der Waals surface area contributed by atoms with Crippen LogP contribution in [-0.2, 0) is 0 Å². The standard InChI is InChI=1S/C14H16/c1-3-11-7-9-13-5-2-6-14(13)10-8-12(11)4-1/h7-10H,1-6H2/b9-7-,10-8-,11-7?,12-8?,13-9?,14-10?. The molecule has 0 spiro atoms. The minimum absolute atomic E-state index is 1.29. The maximum absolute atomic E-state index is 2.37. The summed E-state index contributed by atoms with van der Waals surface area (Å²) in [6, 6.07) is 0. The van der Waals surface area contributed by atoms with E-state index in [-0.39, 0.29) is 0 Å². The lowest BCUT2D eigenvalue weighted by Crippen LogP contribution is -1.83. The molecule has 0 aromatic heterocycles. The predicted octanol–water partition coefficient (Wildman–Crippen LogP) is 4.07. The van der Waals surface area contributed by atoms with E-state index in [1.165, 1.54) is 38.5 Å². The van der Waals surface area contributed by atoms with Gasteiger partial charge in [-0.1, -0.05) is 24.3 Å². The van der Waals surface area contributed by atoms with Crippen molar-refractivity contribution in [3.05, 3.63) is 46.6 Å². The molecule has 0 N–H and O–H groups in total. The molecule has 72 valence electrons. The number of hydrogen-bond acceptors (Lipinski definition) is 0. The smallest absolute Gasteiger partial charge is 0.0273 e. The van der Waals surface area contributed by atoms with Gasteiger partial charge < -0.3 is 0 Å². The van der Waals surface area contributed by atoms with Gasteiger partial charge in [0.1, 0.15) is 0 Å². The fourth-order valence-corrected chi connectivity index (χ4v) is 2.74. The Labute approximate surface area is 85.7 Å². The Bertz CT molecular complexity index is 305. The van der Waals surface area contributed by atoms with E-state index >= 15 is 0 Å². The Hall–Kier alpha value is -1.04. The van der Waals surface area contributed by atoms with E-state index in [2.05, 4.69) is 24.3 Å². The number of rotatable bonds is 0. The van der Waals surface area contributed by atoms with Gasteiger partial charge in [-0.3, -0.25) is 0 Å². The van der Waals surface area contributed by atoms with E-state index < -0.39 is 0 Å². The molecule has 0 unspecified atom stereocenters. The third kappa shape index (κ3) is 1.30. The van der Waals surface area contributed by atoms with E-state index in [1.807, 2.05) is 0 Å². The normalized spacial score (nSPS) is 29.7. The summed E-state index contributed by atoms with van der Waals surface area (Å²) in [7, 11) is 0. The van der Waals surface area contributed by atoms with Crippen molar-refractivity contribution in [2.45, 2.75) is 38.5 Å². The largest absolute Gasteiger partial charge is 0.0585 e. The SMILES string of the molecule is C1=C\C2=C(/C=C\C3=C/1CCC3)CCC2. The fourth-order valence-electron chi connectivity index (χ4n) is 2.74. The van der Waals surface area contributed by atoms with Crippen molar-refractivity contribution in [2.24, 2.45) is 0 Å². The summed E-state index contributed by atoms with van der Waals surface area (Å²) in [5.74, 6) is 0. The van der Waals surface area contributed by atoms with Crippen LogP contribution in [-0.4, -0.2) is 0 Å². The predicted molar refractivity (Wildman–Crippen MR) is 60.0 cm³/mol. The van der Waals surface area contributed by atoms with Gasteiger partial charge in [0.2, 0.25) is 0 Å². The van der Waals surface area contributed by atoms with Crippen LogP contribution < -0.4 is 0 Å². The van der Waals surface area contributed by atoms with Gasteiger partial charge in [0.25, 0.3) is 0 Å². The molecule has 14 heavy (non-hydrogen) atoms. The van der Waals surface area contributed by atoms with Crippen LogP contribution in [0.4, 0.5) is 0 Å². The summed E-state index contributed by atoms with van der Waals surface area (Å²) in [6.45, 7) is 0. The molecule has 0 radical (unpaired) electrons. The molecule has 0 fully saturated rings. The molecule has 0 saturated carbocycles. The molecule has 0 saturated heterocycles. The highest BCUT2D eigenvalue weighted by Crippen LogP contribution is 2.34. The van der Waals surface area contributed by atoms with E-state index in [4.69, 9.17) is 0 Å². The average molecular weight is 184 g/mol. The average Bonchev–Trinajstić information content (AvgIpc) is 2.75. The lowest BCUT2D eigenvalue weighted by Gasteiger charge is -2.04. The summed E-state index contributed by atoms with van der Waals surface area (Å²) in [5, 5.41) is 0. The highest BCUT2D eigenvalue weighted by atomic mass is 14.2. The molecule has 0 aromatic rings. The van der Waals surface area contributed by atoms with Crippen LogP contribution in [0, 0.1) is 0 Å². The molecule has 0 heteroatoms. The lowest BCUT2D eigenvalue weighted by atomic mass is 10.0. The fraction of sp³-hybridized carbons (Fsp3) is 0.429. The van der Waals surface area contributed by atoms with Gasteiger partial charge in [-0.15, -0.1) is 0 Å². The maximum atomic E-state index is 2.37. The molecule has 0 aromatic carbocycles. The zero-order valence-corrected chi connectivity index (χ0v) is 8.55. The van der Waals surface area contributed by atoms with Gasteiger partial charge in [-0.25, -0.2) is 0 Å². The summed E-state index contributed by atoms with van der Waals surface area (Å²) in [6.07, 6.45) is 17.3. The van der Waals surface area contributed by atoms with Gasteiger partial charge in [0.05, 0.1) is 0 Å². The van der Waals surface area contributed by atoms with Crippen LogP contribution in [0.15, 0.2) is 46.6 Å². The van der Waals surface area contributed by atoms with Gasteiger partial charge >= 0.3 is 0 Å². The number of hydrogen-bond donors (Lipinski definition) is 0. The van der Waals surface area contributed by atoms with E-state index in [1.54, 1.807) is 22.3 Å². The van der Waals surface area contributed by atoms with Crippen molar-refractivity contribution in [3.63, 3.8) is 0 Å². The summed E-state index contributed by atoms with van der Waals surface area (Å²) in [4.78, 5) is 0. The van der Waals surface area contributed by atoms with Crippen LogP contribution in [0.5, 0.6) is 0 Å². The molecule has 3 rings (SSSR count). The third-order valence-corrected chi connectivity index (χ3v) is 3.58. The van der Waals surface area contributed by atoms with E-state index in [0.717, 1.165) is 0 Å². The molecule has 0 heterocycles.